The Hall–Kier alpha value is -2.12. The molecule has 24 heavy (non-hydrogen) atoms. The molecule has 8 heteroatoms. The van der Waals surface area contributed by atoms with Crippen molar-refractivity contribution in [3.8, 4) is 0 Å². The number of rotatable bonds is 5. The van der Waals surface area contributed by atoms with Crippen molar-refractivity contribution >= 4 is 30.3 Å². The lowest BCUT2D eigenvalue weighted by Crippen LogP contribution is -2.49. The molecule has 0 radical (unpaired) electrons. The van der Waals surface area contributed by atoms with Crippen molar-refractivity contribution in [3.05, 3.63) is 35.9 Å². The van der Waals surface area contributed by atoms with Crippen LogP contribution in [0, 0.1) is 17.8 Å². The van der Waals surface area contributed by atoms with Crippen LogP contribution in [0.1, 0.15) is 23.2 Å². The number of carbonyl (C=O) groups is 3. The third kappa shape index (κ3) is 3.09. The zero-order valence-electron chi connectivity index (χ0n) is 12.7. The minimum absolute atomic E-state index is 0. The molecular formula is C16H18ClNO6. The van der Waals surface area contributed by atoms with Crippen molar-refractivity contribution in [2.75, 3.05) is 6.79 Å². The summed E-state index contributed by atoms with van der Waals surface area (Å²) in [5.74, 6) is -3.19. The van der Waals surface area contributed by atoms with E-state index in [2.05, 4.69) is 0 Å². The molecule has 0 aromatic heterocycles. The monoisotopic (exact) mass is 355 g/mol. The third-order valence-electron chi connectivity index (χ3n) is 4.73. The maximum Gasteiger partial charge on any atom is 0.340 e. The van der Waals surface area contributed by atoms with Gasteiger partial charge >= 0.3 is 17.9 Å². The second-order valence-electron chi connectivity index (χ2n) is 5.98. The highest BCUT2D eigenvalue weighted by Gasteiger charge is 2.70. The standard InChI is InChI=1S/C16H17NO6.ClH/c17-16(15(20)21)7-6-10-11(12(10)16)14(19)23-8-22-13(18)9-4-2-1-3-5-9;/h1-5,10-12H,6-8,17H2,(H,20,21);1H/t10-,11-,12-,16-;/m0./s1. The first-order valence-corrected chi connectivity index (χ1v) is 7.36. The number of ether oxygens (including phenoxy) is 2. The Kier molecular flexibility index (Phi) is 5.15. The van der Waals surface area contributed by atoms with Crippen LogP contribution in [-0.2, 0) is 19.1 Å². The third-order valence-corrected chi connectivity index (χ3v) is 4.73. The lowest BCUT2D eigenvalue weighted by Gasteiger charge is -2.21. The molecule has 0 heterocycles. The first kappa shape index (κ1) is 18.2. The second-order valence-corrected chi connectivity index (χ2v) is 5.98. The minimum Gasteiger partial charge on any atom is -0.480 e. The van der Waals surface area contributed by atoms with E-state index in [9.17, 15) is 19.5 Å². The normalized spacial score (nSPS) is 29.8. The van der Waals surface area contributed by atoms with E-state index in [0.29, 0.717) is 18.4 Å². The SMILES string of the molecule is Cl.N[C@@]1(C(=O)O)CC[C@H]2[C@H](C(=O)OCOC(=O)c3ccccc3)[C@H]21. The summed E-state index contributed by atoms with van der Waals surface area (Å²) in [5, 5.41) is 9.20. The van der Waals surface area contributed by atoms with E-state index < -0.39 is 42.1 Å². The van der Waals surface area contributed by atoms with Crippen molar-refractivity contribution in [3.63, 3.8) is 0 Å². The highest BCUT2D eigenvalue weighted by Crippen LogP contribution is 2.61. The summed E-state index contributed by atoms with van der Waals surface area (Å²) in [6.45, 7) is -0.493. The summed E-state index contributed by atoms with van der Waals surface area (Å²) in [4.78, 5) is 34.9. The van der Waals surface area contributed by atoms with Crippen LogP contribution in [0.4, 0.5) is 0 Å². The van der Waals surface area contributed by atoms with Gasteiger partial charge in [-0.3, -0.25) is 9.59 Å². The van der Waals surface area contributed by atoms with E-state index in [1.165, 1.54) is 0 Å². The average Bonchev–Trinajstić information content (AvgIpc) is 3.18. The fraction of sp³-hybridized carbons (Fsp3) is 0.438. The Morgan fingerprint density at radius 2 is 1.88 bits per heavy atom. The smallest absolute Gasteiger partial charge is 0.340 e. The summed E-state index contributed by atoms with van der Waals surface area (Å²) in [7, 11) is 0. The molecule has 2 fully saturated rings. The first-order chi connectivity index (χ1) is 10.9. The summed E-state index contributed by atoms with van der Waals surface area (Å²) in [5.41, 5.74) is 4.88. The predicted octanol–water partition coefficient (Wildman–Crippen LogP) is 1.20. The quantitative estimate of drug-likeness (QED) is 0.602. The van der Waals surface area contributed by atoms with Gasteiger partial charge in [0.15, 0.2) is 0 Å². The van der Waals surface area contributed by atoms with Gasteiger partial charge in [-0.25, -0.2) is 4.79 Å². The van der Waals surface area contributed by atoms with E-state index in [-0.39, 0.29) is 18.3 Å². The molecule has 0 saturated heterocycles. The van der Waals surface area contributed by atoms with Gasteiger partial charge in [0.1, 0.15) is 5.54 Å². The lowest BCUT2D eigenvalue weighted by atomic mass is 9.92. The number of halogens is 1. The van der Waals surface area contributed by atoms with Crippen LogP contribution in [-0.4, -0.2) is 35.3 Å². The number of hydrogen-bond acceptors (Lipinski definition) is 6. The van der Waals surface area contributed by atoms with Gasteiger partial charge in [0.25, 0.3) is 0 Å². The number of carbonyl (C=O) groups excluding carboxylic acids is 2. The molecule has 0 aliphatic heterocycles. The van der Waals surface area contributed by atoms with Crippen LogP contribution in [0.15, 0.2) is 30.3 Å². The van der Waals surface area contributed by atoms with Crippen molar-refractivity contribution in [2.24, 2.45) is 23.5 Å². The maximum atomic E-state index is 12.0. The molecule has 130 valence electrons. The molecule has 2 aliphatic rings. The molecule has 0 bridgehead atoms. The number of carboxylic acid groups (broad SMARTS) is 1. The Bertz CT molecular complexity index is 651. The number of benzene rings is 1. The van der Waals surface area contributed by atoms with E-state index in [0.717, 1.165) is 0 Å². The highest BCUT2D eigenvalue weighted by molar-refractivity contribution is 5.89. The van der Waals surface area contributed by atoms with Gasteiger partial charge in [0, 0.05) is 5.92 Å². The topological polar surface area (TPSA) is 116 Å². The number of hydrogen-bond donors (Lipinski definition) is 2. The fourth-order valence-corrected chi connectivity index (χ4v) is 3.47. The van der Waals surface area contributed by atoms with Crippen LogP contribution in [0.2, 0.25) is 0 Å². The van der Waals surface area contributed by atoms with Gasteiger partial charge in [-0.15, -0.1) is 12.4 Å². The molecule has 2 saturated carbocycles. The maximum absolute atomic E-state index is 12.0. The summed E-state index contributed by atoms with van der Waals surface area (Å²) >= 11 is 0. The van der Waals surface area contributed by atoms with Gasteiger partial charge in [-0.1, -0.05) is 18.2 Å². The highest BCUT2D eigenvalue weighted by atomic mass is 35.5. The number of esters is 2. The molecule has 4 atom stereocenters. The van der Waals surface area contributed by atoms with Crippen LogP contribution in [0.25, 0.3) is 0 Å². The number of carboxylic acids is 1. The van der Waals surface area contributed by atoms with Crippen molar-refractivity contribution in [1.82, 2.24) is 0 Å². The van der Waals surface area contributed by atoms with Crippen molar-refractivity contribution < 1.29 is 29.0 Å². The Morgan fingerprint density at radius 1 is 1.21 bits per heavy atom. The van der Waals surface area contributed by atoms with E-state index in [4.69, 9.17) is 15.2 Å². The van der Waals surface area contributed by atoms with E-state index in [1.54, 1.807) is 30.3 Å². The zero-order chi connectivity index (χ0) is 16.6. The average molecular weight is 356 g/mol. The second kappa shape index (κ2) is 6.78. The Morgan fingerprint density at radius 3 is 2.50 bits per heavy atom. The van der Waals surface area contributed by atoms with E-state index in [1.807, 2.05) is 0 Å². The van der Waals surface area contributed by atoms with Gasteiger partial charge in [-0.2, -0.15) is 0 Å². The molecule has 0 amide bonds. The molecular weight excluding hydrogens is 338 g/mol. The van der Waals surface area contributed by atoms with Gasteiger partial charge in [-0.05, 0) is 30.9 Å². The van der Waals surface area contributed by atoms with Crippen LogP contribution >= 0.6 is 12.4 Å². The predicted molar refractivity (Wildman–Crippen MR) is 84.3 cm³/mol. The Balaban J connectivity index is 0.00000208. The first-order valence-electron chi connectivity index (χ1n) is 7.36. The molecule has 0 spiro atoms. The van der Waals surface area contributed by atoms with Gasteiger partial charge < -0.3 is 20.3 Å². The summed E-state index contributed by atoms with van der Waals surface area (Å²) in [6.07, 6.45) is 0.960. The van der Waals surface area contributed by atoms with Crippen molar-refractivity contribution in [1.29, 1.82) is 0 Å². The molecule has 0 unspecified atom stereocenters. The Labute approximate surface area is 144 Å². The zero-order valence-corrected chi connectivity index (χ0v) is 13.5. The van der Waals surface area contributed by atoms with Gasteiger partial charge in [0.05, 0.1) is 11.5 Å². The van der Waals surface area contributed by atoms with E-state index >= 15 is 0 Å². The molecule has 7 nitrogen and oxygen atoms in total. The molecule has 1 aromatic carbocycles. The lowest BCUT2D eigenvalue weighted by molar-refractivity contribution is -0.155. The number of fused-ring (bicyclic) bond motifs is 1. The molecule has 2 aliphatic carbocycles. The van der Waals surface area contributed by atoms with Crippen LogP contribution in [0.3, 0.4) is 0 Å². The molecule has 1 aromatic rings. The van der Waals surface area contributed by atoms with Crippen LogP contribution in [0.5, 0.6) is 0 Å². The summed E-state index contributed by atoms with van der Waals surface area (Å²) in [6, 6.07) is 8.34. The fourth-order valence-electron chi connectivity index (χ4n) is 3.47. The minimum atomic E-state index is -1.35. The molecule has 3 N–H and O–H groups in total. The van der Waals surface area contributed by atoms with Crippen LogP contribution < -0.4 is 5.73 Å². The molecule has 3 rings (SSSR count). The van der Waals surface area contributed by atoms with Crippen molar-refractivity contribution in [2.45, 2.75) is 18.4 Å². The number of aliphatic carboxylic acids is 1. The summed E-state index contributed by atoms with van der Waals surface area (Å²) < 4.78 is 9.81. The van der Waals surface area contributed by atoms with Gasteiger partial charge in [0.2, 0.25) is 6.79 Å². The largest absolute Gasteiger partial charge is 0.480 e. The number of nitrogens with two attached hydrogens (primary N) is 1.